The Labute approximate surface area is 105 Å². The molecule has 0 atom stereocenters. The molecule has 0 bridgehead atoms. The van der Waals surface area contributed by atoms with Crippen molar-refractivity contribution in [3.8, 4) is 11.5 Å². The van der Waals surface area contributed by atoms with Gasteiger partial charge in [0.1, 0.15) is 11.5 Å². The molecule has 6 heteroatoms. The van der Waals surface area contributed by atoms with Gasteiger partial charge in [-0.05, 0) is 34.7 Å². The maximum absolute atomic E-state index is 5.73. The lowest BCUT2D eigenvalue weighted by atomic mass is 10.3. The number of pyridine rings is 1. The highest BCUT2D eigenvalue weighted by Crippen LogP contribution is 2.17. The molecule has 0 aliphatic carbocycles. The van der Waals surface area contributed by atoms with Gasteiger partial charge < -0.3 is 5.73 Å². The summed E-state index contributed by atoms with van der Waals surface area (Å²) in [4.78, 5) is 12.4. The van der Waals surface area contributed by atoms with E-state index < -0.39 is 0 Å². The fourth-order valence-corrected chi connectivity index (χ4v) is 1.38. The SMILES string of the molecule is Nc1nc(-c2ccc(Cl)cn2)ncc1I. The van der Waals surface area contributed by atoms with Crippen LogP contribution in [0.2, 0.25) is 5.02 Å². The van der Waals surface area contributed by atoms with E-state index >= 15 is 0 Å². The molecule has 0 fully saturated rings. The number of hydrogen-bond donors (Lipinski definition) is 1. The van der Waals surface area contributed by atoms with Crippen molar-refractivity contribution in [2.45, 2.75) is 0 Å². The molecule has 0 radical (unpaired) electrons. The van der Waals surface area contributed by atoms with Crippen molar-refractivity contribution >= 4 is 40.0 Å². The van der Waals surface area contributed by atoms with E-state index in [9.17, 15) is 0 Å². The first-order chi connectivity index (χ1) is 7.16. The second-order valence-electron chi connectivity index (χ2n) is 2.79. The lowest BCUT2D eigenvalue weighted by molar-refractivity contribution is 1.13. The molecule has 2 heterocycles. The van der Waals surface area contributed by atoms with Crippen molar-refractivity contribution in [2.24, 2.45) is 0 Å². The van der Waals surface area contributed by atoms with Crippen LogP contribution in [0.1, 0.15) is 0 Å². The molecule has 2 N–H and O–H groups in total. The Morgan fingerprint density at radius 2 is 2.00 bits per heavy atom. The van der Waals surface area contributed by atoms with Crippen LogP contribution in [0.4, 0.5) is 5.82 Å². The maximum Gasteiger partial charge on any atom is 0.180 e. The minimum absolute atomic E-state index is 0.456. The number of anilines is 1. The lowest BCUT2D eigenvalue weighted by Crippen LogP contribution is -1.99. The summed E-state index contributed by atoms with van der Waals surface area (Å²) in [5.74, 6) is 0.960. The molecule has 0 saturated heterocycles. The average Bonchev–Trinajstić information content (AvgIpc) is 2.23. The molecule has 2 aromatic heterocycles. The highest BCUT2D eigenvalue weighted by Gasteiger charge is 2.05. The predicted molar refractivity (Wildman–Crippen MR) is 67.4 cm³/mol. The molecule has 0 unspecified atom stereocenters. The predicted octanol–water partition coefficient (Wildman–Crippen LogP) is 2.38. The Hall–Kier alpha value is -0.950. The highest BCUT2D eigenvalue weighted by atomic mass is 127. The number of nitrogens with zero attached hydrogens (tertiary/aromatic N) is 3. The zero-order chi connectivity index (χ0) is 10.8. The van der Waals surface area contributed by atoms with Crippen LogP contribution in [-0.2, 0) is 0 Å². The molecule has 0 amide bonds. The molecular weight excluding hydrogens is 326 g/mol. The molecule has 4 nitrogen and oxygen atoms in total. The smallest absolute Gasteiger partial charge is 0.180 e. The van der Waals surface area contributed by atoms with Gasteiger partial charge in [0.25, 0.3) is 0 Å². The van der Waals surface area contributed by atoms with Crippen LogP contribution >= 0.6 is 34.2 Å². The van der Waals surface area contributed by atoms with Crippen LogP contribution in [0.25, 0.3) is 11.5 Å². The minimum Gasteiger partial charge on any atom is -0.383 e. The number of nitrogen functional groups attached to an aromatic ring is 1. The third-order valence-corrected chi connectivity index (χ3v) is 2.78. The fraction of sp³-hybridized carbons (Fsp3) is 0. The minimum atomic E-state index is 0.456. The van der Waals surface area contributed by atoms with Gasteiger partial charge in [0.05, 0.1) is 8.59 Å². The summed E-state index contributed by atoms with van der Waals surface area (Å²) in [5, 5.41) is 0.581. The summed E-state index contributed by atoms with van der Waals surface area (Å²) >= 11 is 7.80. The first kappa shape index (κ1) is 10.6. The van der Waals surface area contributed by atoms with Gasteiger partial charge in [0.15, 0.2) is 5.82 Å². The van der Waals surface area contributed by atoms with E-state index in [4.69, 9.17) is 17.3 Å². The Kier molecular flexibility index (Phi) is 3.01. The van der Waals surface area contributed by atoms with Crippen molar-refractivity contribution in [3.63, 3.8) is 0 Å². The molecule has 0 saturated carbocycles. The summed E-state index contributed by atoms with van der Waals surface area (Å²) in [5.41, 5.74) is 6.33. The Morgan fingerprint density at radius 1 is 1.20 bits per heavy atom. The van der Waals surface area contributed by atoms with Gasteiger partial charge in [-0.15, -0.1) is 0 Å². The summed E-state index contributed by atoms with van der Waals surface area (Å²) in [7, 11) is 0. The fourth-order valence-electron chi connectivity index (χ4n) is 1.01. The normalized spacial score (nSPS) is 10.3. The van der Waals surface area contributed by atoms with Crippen LogP contribution in [0.15, 0.2) is 24.5 Å². The molecular formula is C9H6ClIN4. The monoisotopic (exact) mass is 332 g/mol. The average molecular weight is 333 g/mol. The summed E-state index contributed by atoms with van der Waals surface area (Å²) in [6.07, 6.45) is 3.21. The largest absolute Gasteiger partial charge is 0.383 e. The molecule has 0 aliphatic rings. The molecule has 0 aliphatic heterocycles. The Balaban J connectivity index is 2.45. The molecule has 15 heavy (non-hydrogen) atoms. The lowest BCUT2D eigenvalue weighted by Gasteiger charge is -2.01. The van der Waals surface area contributed by atoms with E-state index in [1.807, 2.05) is 0 Å². The molecule has 2 aromatic rings. The van der Waals surface area contributed by atoms with E-state index in [1.165, 1.54) is 0 Å². The summed E-state index contributed by atoms with van der Waals surface area (Å²) in [6.45, 7) is 0. The second-order valence-corrected chi connectivity index (χ2v) is 4.39. The quantitative estimate of drug-likeness (QED) is 0.814. The molecule has 2 rings (SSSR count). The molecule has 0 aromatic carbocycles. The Morgan fingerprint density at radius 3 is 2.60 bits per heavy atom. The van der Waals surface area contributed by atoms with E-state index in [1.54, 1.807) is 24.5 Å². The summed E-state index contributed by atoms with van der Waals surface area (Å²) < 4.78 is 0.824. The van der Waals surface area contributed by atoms with Gasteiger partial charge in [-0.25, -0.2) is 9.97 Å². The van der Waals surface area contributed by atoms with Crippen molar-refractivity contribution < 1.29 is 0 Å². The van der Waals surface area contributed by atoms with Gasteiger partial charge in [0.2, 0.25) is 0 Å². The first-order valence-corrected chi connectivity index (χ1v) is 5.52. The van der Waals surface area contributed by atoms with Crippen LogP contribution < -0.4 is 5.73 Å². The standard InChI is InChI=1S/C9H6ClIN4/c10-5-1-2-7(13-3-5)9-14-4-6(11)8(12)15-9/h1-4H,(H2,12,14,15). The van der Waals surface area contributed by atoms with Crippen LogP contribution in [0.3, 0.4) is 0 Å². The number of halogens is 2. The molecule has 0 spiro atoms. The van der Waals surface area contributed by atoms with Crippen molar-refractivity contribution in [1.82, 2.24) is 15.0 Å². The third kappa shape index (κ3) is 2.35. The number of hydrogen-bond acceptors (Lipinski definition) is 4. The van der Waals surface area contributed by atoms with Crippen LogP contribution in [0, 0.1) is 3.57 Å². The second kappa shape index (κ2) is 4.28. The maximum atomic E-state index is 5.73. The number of rotatable bonds is 1. The van der Waals surface area contributed by atoms with E-state index in [0.717, 1.165) is 3.57 Å². The number of nitrogens with two attached hydrogens (primary N) is 1. The van der Waals surface area contributed by atoms with E-state index in [0.29, 0.717) is 22.4 Å². The van der Waals surface area contributed by atoms with Gasteiger partial charge in [-0.3, -0.25) is 4.98 Å². The van der Waals surface area contributed by atoms with E-state index in [2.05, 4.69) is 37.5 Å². The van der Waals surface area contributed by atoms with Gasteiger partial charge in [0, 0.05) is 12.4 Å². The molecule has 76 valence electrons. The zero-order valence-corrected chi connectivity index (χ0v) is 10.4. The number of aromatic nitrogens is 3. The Bertz CT molecular complexity index is 486. The zero-order valence-electron chi connectivity index (χ0n) is 7.48. The van der Waals surface area contributed by atoms with Gasteiger partial charge in [-0.1, -0.05) is 11.6 Å². The van der Waals surface area contributed by atoms with E-state index in [-0.39, 0.29) is 0 Å². The summed E-state index contributed by atoms with van der Waals surface area (Å²) in [6, 6.07) is 3.49. The van der Waals surface area contributed by atoms with Gasteiger partial charge >= 0.3 is 0 Å². The highest BCUT2D eigenvalue weighted by molar-refractivity contribution is 14.1. The topological polar surface area (TPSA) is 64.7 Å². The van der Waals surface area contributed by atoms with Crippen LogP contribution in [0.5, 0.6) is 0 Å². The van der Waals surface area contributed by atoms with Gasteiger partial charge in [-0.2, -0.15) is 0 Å². The third-order valence-electron chi connectivity index (χ3n) is 1.73. The van der Waals surface area contributed by atoms with Crippen molar-refractivity contribution in [2.75, 3.05) is 5.73 Å². The van der Waals surface area contributed by atoms with Crippen LogP contribution in [-0.4, -0.2) is 15.0 Å². The first-order valence-electron chi connectivity index (χ1n) is 4.07. The van der Waals surface area contributed by atoms with Crippen molar-refractivity contribution in [3.05, 3.63) is 33.1 Å². The van der Waals surface area contributed by atoms with Crippen molar-refractivity contribution in [1.29, 1.82) is 0 Å².